The van der Waals surface area contributed by atoms with Crippen LogP contribution in [0.3, 0.4) is 0 Å². The van der Waals surface area contributed by atoms with E-state index in [1.807, 2.05) is 0 Å². The van der Waals surface area contributed by atoms with Gasteiger partial charge in [0, 0.05) is 38.8 Å². The van der Waals surface area contributed by atoms with Crippen LogP contribution < -0.4 is 26.6 Å². The van der Waals surface area contributed by atoms with Crippen LogP contribution in [0.25, 0.3) is 0 Å². The average Bonchev–Trinajstić information content (AvgIpc) is 2.96. The summed E-state index contributed by atoms with van der Waals surface area (Å²) < 4.78 is 19.6. The Morgan fingerprint density at radius 1 is 0.935 bits per heavy atom. The summed E-state index contributed by atoms with van der Waals surface area (Å²) in [6.07, 6.45) is -0.566. The van der Waals surface area contributed by atoms with E-state index in [1.54, 1.807) is 20.8 Å². The van der Waals surface area contributed by atoms with Crippen molar-refractivity contribution >= 4 is 41.2 Å². The predicted octanol–water partition coefficient (Wildman–Crippen LogP) is 0.995. The van der Waals surface area contributed by atoms with Gasteiger partial charge >= 0.3 is 6.09 Å². The Morgan fingerprint density at radius 2 is 1.52 bits per heavy atom. The number of aliphatic hydroxyl groups excluding tert-OH is 1. The molecule has 46 heavy (non-hydrogen) atoms. The fourth-order valence-corrected chi connectivity index (χ4v) is 4.02. The number of ether oxygens (including phenoxy) is 1. The molecule has 0 bridgehead atoms. The Balaban J connectivity index is 3.17. The van der Waals surface area contributed by atoms with Crippen LogP contribution in [0.15, 0.2) is 18.2 Å². The van der Waals surface area contributed by atoms with Crippen molar-refractivity contribution in [1.82, 2.24) is 26.6 Å². The van der Waals surface area contributed by atoms with Crippen LogP contribution in [0.1, 0.15) is 76.6 Å². The number of nitro benzene ring substituents is 1. The van der Waals surface area contributed by atoms with E-state index in [2.05, 4.69) is 26.6 Å². The first-order valence-electron chi connectivity index (χ1n) is 14.6. The molecule has 0 aliphatic carbocycles. The summed E-state index contributed by atoms with van der Waals surface area (Å²) in [4.78, 5) is 85.7. The minimum Gasteiger partial charge on any atom is -0.444 e. The van der Waals surface area contributed by atoms with Crippen LogP contribution in [-0.4, -0.2) is 89.5 Å². The highest BCUT2D eigenvalue weighted by Crippen LogP contribution is 2.17. The third kappa shape index (κ3) is 14.4. The maximum absolute atomic E-state index is 14.4. The van der Waals surface area contributed by atoms with E-state index in [1.165, 1.54) is 14.0 Å². The van der Waals surface area contributed by atoms with Crippen molar-refractivity contribution < 1.29 is 47.9 Å². The molecule has 0 spiro atoms. The summed E-state index contributed by atoms with van der Waals surface area (Å²) in [6, 6.07) is -1.60. The number of nitrogens with zero attached hydrogens (tertiary/aromatic N) is 1. The highest BCUT2D eigenvalue weighted by molar-refractivity contribution is 5.99. The maximum atomic E-state index is 14.4. The summed E-state index contributed by atoms with van der Waals surface area (Å²) in [6.45, 7) is 6.10. The number of nitrogens with one attached hydrogen (secondary N) is 5. The van der Waals surface area contributed by atoms with E-state index in [0.717, 1.165) is 12.1 Å². The van der Waals surface area contributed by atoms with Crippen LogP contribution in [-0.2, 0) is 23.9 Å². The van der Waals surface area contributed by atoms with Crippen molar-refractivity contribution in [3.8, 4) is 0 Å². The number of unbranched alkanes of at least 4 members (excludes halogenated alkanes) is 1. The minimum atomic E-state index is -1.47. The summed E-state index contributed by atoms with van der Waals surface area (Å²) in [5.74, 6) is -4.91. The first-order chi connectivity index (χ1) is 21.5. The molecular formula is C29H43FN6O10. The molecule has 17 heteroatoms. The standard InChI is InChI=1S/C29H43FN6O10/c1-17(38)9-12-22(33-24(39)19-16-18(36(44)45)10-11-20(19)30)27(42)34-21(26(41)35-23(13-15-37)25(40)31-5)8-6-7-14-32-28(43)46-29(2,3)4/h10-11,16,21-23,37H,6-9,12-15H2,1-5H3,(H,31,40)(H,32,43)(H,33,39)(H,34,42)(H,35,41)/t21-,22-,23?/m0/s1. The number of carbonyl (C=O) groups is 6. The van der Waals surface area contributed by atoms with Gasteiger partial charge in [-0.25, -0.2) is 9.18 Å². The van der Waals surface area contributed by atoms with Gasteiger partial charge in [-0.3, -0.25) is 29.3 Å². The lowest BCUT2D eigenvalue weighted by atomic mass is 10.0. The molecule has 1 aromatic carbocycles. The smallest absolute Gasteiger partial charge is 0.407 e. The third-order valence-electron chi connectivity index (χ3n) is 6.33. The first kappa shape index (κ1) is 39.4. The van der Waals surface area contributed by atoms with E-state index in [9.17, 15) is 48.4 Å². The van der Waals surface area contributed by atoms with Gasteiger partial charge in [-0.1, -0.05) is 0 Å². The van der Waals surface area contributed by atoms with Gasteiger partial charge in [0.2, 0.25) is 17.7 Å². The SMILES string of the molecule is CNC(=O)C(CCO)NC(=O)[C@H](CCCCNC(=O)OC(C)(C)C)NC(=O)[C@H](CCC(C)=O)NC(=O)c1cc([N+](=O)[O-])ccc1F. The van der Waals surface area contributed by atoms with Crippen molar-refractivity contribution in [2.45, 2.75) is 89.9 Å². The molecule has 1 unspecified atom stereocenters. The van der Waals surface area contributed by atoms with Gasteiger partial charge in [0.15, 0.2) is 0 Å². The number of Topliss-reactive ketones (excluding diaryl/α,β-unsaturated/α-hetero) is 1. The number of rotatable bonds is 18. The summed E-state index contributed by atoms with van der Waals surface area (Å²) >= 11 is 0. The normalized spacial score (nSPS) is 12.9. The molecule has 0 radical (unpaired) electrons. The number of benzene rings is 1. The van der Waals surface area contributed by atoms with Gasteiger partial charge < -0.3 is 41.2 Å². The van der Waals surface area contributed by atoms with Gasteiger partial charge in [-0.2, -0.15) is 0 Å². The van der Waals surface area contributed by atoms with Gasteiger partial charge in [-0.05, 0) is 65.9 Å². The number of hydrogen-bond donors (Lipinski definition) is 6. The van der Waals surface area contributed by atoms with Crippen molar-refractivity contribution in [2.24, 2.45) is 0 Å². The van der Waals surface area contributed by atoms with Crippen molar-refractivity contribution in [3.05, 3.63) is 39.7 Å². The Bertz CT molecular complexity index is 1270. The Kier molecular flexibility index (Phi) is 16.2. The number of alkyl carbamates (subject to hydrolysis) is 1. The summed E-state index contributed by atoms with van der Waals surface area (Å²) in [5.41, 5.74) is -1.98. The number of non-ortho nitro benzene ring substituents is 1. The largest absolute Gasteiger partial charge is 0.444 e. The van der Waals surface area contributed by atoms with E-state index in [-0.39, 0.29) is 44.4 Å². The zero-order valence-corrected chi connectivity index (χ0v) is 26.6. The molecule has 16 nitrogen and oxygen atoms in total. The molecule has 1 rings (SSSR count). The average molecular weight is 655 g/mol. The van der Waals surface area contributed by atoms with E-state index >= 15 is 0 Å². The number of ketones is 1. The first-order valence-corrected chi connectivity index (χ1v) is 14.6. The lowest BCUT2D eigenvalue weighted by Gasteiger charge is -2.25. The molecule has 0 saturated heterocycles. The van der Waals surface area contributed by atoms with Gasteiger partial charge in [0.25, 0.3) is 11.6 Å². The molecule has 5 amide bonds. The molecule has 0 aliphatic heterocycles. The van der Waals surface area contributed by atoms with Crippen LogP contribution in [0.2, 0.25) is 0 Å². The van der Waals surface area contributed by atoms with Gasteiger partial charge in [-0.15, -0.1) is 0 Å². The quantitative estimate of drug-likeness (QED) is 0.0746. The number of likely N-dealkylation sites (N-methyl/N-ethyl adjacent to an activating group) is 1. The van der Waals surface area contributed by atoms with Crippen LogP contribution >= 0.6 is 0 Å². The summed E-state index contributed by atoms with van der Waals surface area (Å²) in [5, 5.41) is 32.6. The Labute approximate surface area is 265 Å². The Hall–Kier alpha value is -4.67. The molecule has 256 valence electrons. The monoisotopic (exact) mass is 654 g/mol. The fourth-order valence-electron chi connectivity index (χ4n) is 4.02. The number of nitro groups is 1. The highest BCUT2D eigenvalue weighted by atomic mass is 19.1. The van der Waals surface area contributed by atoms with Crippen LogP contribution in [0, 0.1) is 15.9 Å². The number of carbonyl (C=O) groups excluding carboxylic acids is 6. The molecule has 0 aliphatic rings. The third-order valence-corrected chi connectivity index (χ3v) is 6.33. The van der Waals surface area contributed by atoms with E-state index in [4.69, 9.17) is 4.74 Å². The summed E-state index contributed by atoms with van der Waals surface area (Å²) in [7, 11) is 1.34. The second-order valence-electron chi connectivity index (χ2n) is 11.4. The zero-order chi connectivity index (χ0) is 35.0. The van der Waals surface area contributed by atoms with Crippen molar-refractivity contribution in [2.75, 3.05) is 20.2 Å². The molecule has 1 aromatic rings. The molecule has 0 aromatic heterocycles. The van der Waals surface area contributed by atoms with E-state index in [0.29, 0.717) is 12.5 Å². The zero-order valence-electron chi connectivity index (χ0n) is 26.6. The Morgan fingerprint density at radius 3 is 2.04 bits per heavy atom. The van der Waals surface area contributed by atoms with Crippen LogP contribution in [0.4, 0.5) is 14.9 Å². The molecular weight excluding hydrogens is 611 g/mol. The lowest BCUT2D eigenvalue weighted by molar-refractivity contribution is -0.384. The van der Waals surface area contributed by atoms with Crippen molar-refractivity contribution in [3.63, 3.8) is 0 Å². The molecule has 0 heterocycles. The highest BCUT2D eigenvalue weighted by Gasteiger charge is 2.30. The second kappa shape index (κ2) is 19.0. The molecule has 0 fully saturated rings. The minimum absolute atomic E-state index is 0.0000434. The number of aliphatic hydroxyl groups is 1. The van der Waals surface area contributed by atoms with E-state index < -0.39 is 82.0 Å². The fraction of sp³-hybridized carbons (Fsp3) is 0.586. The number of halogens is 1. The van der Waals surface area contributed by atoms with Crippen molar-refractivity contribution in [1.29, 1.82) is 0 Å². The maximum Gasteiger partial charge on any atom is 0.407 e. The van der Waals surface area contributed by atoms with Gasteiger partial charge in [0.05, 0.1) is 10.5 Å². The lowest BCUT2D eigenvalue weighted by Crippen LogP contribution is -2.56. The molecule has 6 N–H and O–H groups in total. The molecule has 3 atom stereocenters. The molecule has 0 saturated carbocycles. The van der Waals surface area contributed by atoms with Gasteiger partial charge in [0.1, 0.15) is 35.3 Å². The number of hydrogen-bond acceptors (Lipinski definition) is 10. The van der Waals surface area contributed by atoms with Crippen LogP contribution in [0.5, 0.6) is 0 Å². The predicted molar refractivity (Wildman–Crippen MR) is 162 cm³/mol. The topological polar surface area (TPSA) is 235 Å². The number of amides is 5. The second-order valence-corrected chi connectivity index (χ2v) is 11.4.